The lowest BCUT2D eigenvalue weighted by Gasteiger charge is -2.34. The quantitative estimate of drug-likeness (QED) is 0.892. The first kappa shape index (κ1) is 16.8. The largest absolute Gasteiger partial charge is 0.342 e. The fraction of sp³-hybridized carbons (Fsp3) is 0.389. The van der Waals surface area contributed by atoms with Gasteiger partial charge in [0.25, 0.3) is 10.0 Å². The van der Waals surface area contributed by atoms with E-state index in [4.69, 9.17) is 0 Å². The predicted molar refractivity (Wildman–Crippen MR) is 102 cm³/mol. The van der Waals surface area contributed by atoms with E-state index in [1.807, 2.05) is 6.07 Å². The maximum Gasteiger partial charge on any atom is 0.286 e. The molecule has 25 heavy (non-hydrogen) atoms. The fourth-order valence-corrected chi connectivity index (χ4v) is 5.65. The summed E-state index contributed by atoms with van der Waals surface area (Å²) in [4.78, 5) is 4.06. The van der Waals surface area contributed by atoms with E-state index in [0.29, 0.717) is 11.5 Å². The summed E-state index contributed by atoms with van der Waals surface area (Å²) in [6.45, 7) is 4.95. The number of aryl methyl sites for hydroxylation is 1. The van der Waals surface area contributed by atoms with E-state index in [-0.39, 0.29) is 10.8 Å². The lowest BCUT2D eigenvalue weighted by atomic mass is 9.96. The molecule has 2 aromatic rings. The van der Waals surface area contributed by atoms with E-state index in [0.717, 1.165) is 32.5 Å². The number of hydrogen-bond acceptors (Lipinski definition) is 5. The summed E-state index contributed by atoms with van der Waals surface area (Å²) in [6, 6.07) is 9.13. The van der Waals surface area contributed by atoms with Crippen molar-refractivity contribution >= 4 is 32.9 Å². The van der Waals surface area contributed by atoms with Gasteiger partial charge in [-0.2, -0.15) is 8.42 Å². The molecule has 4 rings (SSSR count). The number of para-hydroxylation sites is 1. The van der Waals surface area contributed by atoms with Gasteiger partial charge in [0.15, 0.2) is 0 Å². The molecule has 1 atom stereocenters. The zero-order valence-corrected chi connectivity index (χ0v) is 15.7. The molecule has 1 aromatic carbocycles. The number of fused-ring (bicyclic) bond motifs is 1. The Kier molecular flexibility index (Phi) is 4.39. The van der Waals surface area contributed by atoms with Crippen molar-refractivity contribution in [1.29, 1.82) is 0 Å². The highest BCUT2D eigenvalue weighted by atomic mass is 32.2. The van der Waals surface area contributed by atoms with Gasteiger partial charge in [0.1, 0.15) is 10.7 Å². The lowest BCUT2D eigenvalue weighted by molar-refractivity contribution is 0.198. The van der Waals surface area contributed by atoms with Crippen LogP contribution < -0.4 is 5.32 Å². The van der Waals surface area contributed by atoms with Crippen molar-refractivity contribution in [2.45, 2.75) is 31.2 Å². The number of likely N-dealkylation sites (tertiary alicyclic amines) is 1. The highest BCUT2D eigenvalue weighted by molar-refractivity contribution is 7.90. The first-order chi connectivity index (χ1) is 12.0. The van der Waals surface area contributed by atoms with Gasteiger partial charge in [-0.05, 0) is 55.5 Å². The molecule has 2 aliphatic rings. The van der Waals surface area contributed by atoms with E-state index in [1.165, 1.54) is 10.4 Å². The molecule has 3 heterocycles. The number of anilines is 1. The van der Waals surface area contributed by atoms with Crippen LogP contribution in [0.25, 0.3) is 0 Å². The van der Waals surface area contributed by atoms with E-state index >= 15 is 0 Å². The topological polar surface area (TPSA) is 61.8 Å². The summed E-state index contributed by atoms with van der Waals surface area (Å²) in [7, 11) is -3.61. The molecule has 0 spiro atoms. The Labute approximate surface area is 152 Å². The van der Waals surface area contributed by atoms with Gasteiger partial charge in [-0.1, -0.05) is 12.1 Å². The molecule has 1 N–H and O–H groups in total. The van der Waals surface area contributed by atoms with Crippen molar-refractivity contribution in [3.63, 3.8) is 0 Å². The highest BCUT2D eigenvalue weighted by Crippen LogP contribution is 2.31. The third-order valence-electron chi connectivity index (χ3n) is 4.87. The van der Waals surface area contributed by atoms with E-state index < -0.39 is 10.0 Å². The van der Waals surface area contributed by atoms with Crippen molar-refractivity contribution in [3.8, 4) is 0 Å². The number of nitrogens with zero attached hydrogens (tertiary/aromatic N) is 2. The second-order valence-corrected chi connectivity index (χ2v) is 9.25. The monoisotopic (exact) mass is 375 g/mol. The van der Waals surface area contributed by atoms with E-state index in [1.54, 1.807) is 29.5 Å². The smallest absolute Gasteiger partial charge is 0.286 e. The predicted octanol–water partition coefficient (Wildman–Crippen LogP) is 3.48. The third-order valence-corrected chi connectivity index (χ3v) is 7.23. The zero-order valence-electron chi connectivity index (χ0n) is 14.1. The number of nitrogens with one attached hydrogen (secondary N) is 1. The molecule has 0 aliphatic carbocycles. The SMILES string of the molecule is Cc1ccsc1CN1CCCC(C2=NS(=O)(=O)c3ccccc3N2)C1. The molecule has 1 aromatic heterocycles. The van der Waals surface area contributed by atoms with Crippen LogP contribution in [0, 0.1) is 12.8 Å². The Morgan fingerprint density at radius 2 is 2.16 bits per heavy atom. The average molecular weight is 376 g/mol. The normalized spacial score (nSPS) is 22.8. The molecule has 1 saturated heterocycles. The first-order valence-corrected chi connectivity index (χ1v) is 10.8. The van der Waals surface area contributed by atoms with Crippen molar-refractivity contribution in [3.05, 3.63) is 46.2 Å². The molecular weight excluding hydrogens is 354 g/mol. The molecule has 7 heteroatoms. The van der Waals surface area contributed by atoms with Crippen LogP contribution in [-0.4, -0.2) is 32.2 Å². The highest BCUT2D eigenvalue weighted by Gasteiger charge is 2.31. The summed E-state index contributed by atoms with van der Waals surface area (Å²) in [5, 5.41) is 5.39. The Morgan fingerprint density at radius 1 is 1.32 bits per heavy atom. The van der Waals surface area contributed by atoms with Crippen LogP contribution >= 0.6 is 11.3 Å². The maximum atomic E-state index is 12.5. The Bertz CT molecular complexity index is 918. The van der Waals surface area contributed by atoms with Gasteiger partial charge < -0.3 is 5.32 Å². The van der Waals surface area contributed by atoms with Crippen LogP contribution in [0.1, 0.15) is 23.3 Å². The Balaban J connectivity index is 1.54. The first-order valence-electron chi connectivity index (χ1n) is 8.49. The summed E-state index contributed by atoms with van der Waals surface area (Å²) in [5.74, 6) is 0.712. The second kappa shape index (κ2) is 6.55. The van der Waals surface area contributed by atoms with Gasteiger partial charge in [0.2, 0.25) is 0 Å². The van der Waals surface area contributed by atoms with Crippen LogP contribution in [0.5, 0.6) is 0 Å². The van der Waals surface area contributed by atoms with Crippen molar-refractivity contribution in [1.82, 2.24) is 4.90 Å². The van der Waals surface area contributed by atoms with Gasteiger partial charge >= 0.3 is 0 Å². The third kappa shape index (κ3) is 3.36. The minimum Gasteiger partial charge on any atom is -0.342 e. The van der Waals surface area contributed by atoms with Gasteiger partial charge in [0.05, 0.1) is 5.69 Å². The minimum atomic E-state index is -3.61. The molecule has 2 aliphatic heterocycles. The van der Waals surface area contributed by atoms with Crippen molar-refractivity contribution in [2.24, 2.45) is 10.3 Å². The van der Waals surface area contributed by atoms with Crippen LogP contribution in [0.3, 0.4) is 0 Å². The molecule has 1 fully saturated rings. The molecule has 0 amide bonds. The summed E-state index contributed by atoms with van der Waals surface area (Å²) < 4.78 is 29.0. The lowest BCUT2D eigenvalue weighted by Crippen LogP contribution is -2.41. The summed E-state index contributed by atoms with van der Waals surface area (Å²) >= 11 is 1.79. The van der Waals surface area contributed by atoms with Crippen molar-refractivity contribution < 1.29 is 8.42 Å². The van der Waals surface area contributed by atoms with Gasteiger partial charge in [-0.3, -0.25) is 4.90 Å². The molecule has 1 unspecified atom stereocenters. The molecule has 0 radical (unpaired) electrons. The number of hydrogen-bond donors (Lipinski definition) is 1. The van der Waals surface area contributed by atoms with Gasteiger partial charge in [0, 0.05) is 23.9 Å². The number of rotatable bonds is 3. The molecule has 132 valence electrons. The van der Waals surface area contributed by atoms with E-state index in [9.17, 15) is 8.42 Å². The molecular formula is C18H21N3O2S2. The number of sulfonamides is 1. The van der Waals surface area contributed by atoms with Gasteiger partial charge in [-0.15, -0.1) is 15.7 Å². The van der Waals surface area contributed by atoms with Crippen molar-refractivity contribution in [2.75, 3.05) is 18.4 Å². The molecule has 0 bridgehead atoms. The Morgan fingerprint density at radius 3 is 2.96 bits per heavy atom. The van der Waals surface area contributed by atoms with E-state index in [2.05, 4.69) is 33.0 Å². The zero-order chi connectivity index (χ0) is 17.4. The Hall–Kier alpha value is -1.70. The number of amidine groups is 1. The molecule has 0 saturated carbocycles. The van der Waals surface area contributed by atoms with Crippen LogP contribution in [0.15, 0.2) is 45.0 Å². The summed E-state index contributed by atoms with van der Waals surface area (Å²) in [5.41, 5.74) is 1.97. The summed E-state index contributed by atoms with van der Waals surface area (Å²) in [6.07, 6.45) is 2.01. The number of thiophene rings is 1. The number of piperidine rings is 1. The van der Waals surface area contributed by atoms with Crippen LogP contribution in [-0.2, 0) is 16.6 Å². The second-order valence-electron chi connectivity index (χ2n) is 6.67. The molecule has 5 nitrogen and oxygen atoms in total. The van der Waals surface area contributed by atoms with Crippen LogP contribution in [0.4, 0.5) is 5.69 Å². The standard InChI is InChI=1S/C18H21N3O2S2/c1-13-8-10-24-16(13)12-21-9-4-5-14(11-21)18-19-15-6-2-3-7-17(15)25(22,23)20-18/h2-3,6-8,10,14H,4-5,9,11-12H2,1H3,(H,19,20). The average Bonchev–Trinajstić information content (AvgIpc) is 2.99. The van der Waals surface area contributed by atoms with Gasteiger partial charge in [-0.25, -0.2) is 0 Å². The fourth-order valence-electron chi connectivity index (χ4n) is 3.50. The minimum absolute atomic E-state index is 0.122. The maximum absolute atomic E-state index is 12.5. The van der Waals surface area contributed by atoms with Crippen LogP contribution in [0.2, 0.25) is 0 Å². The number of benzene rings is 1.